The molecule has 1 N–H and O–H groups in total. The molecule has 4 nitrogen and oxygen atoms in total. The Morgan fingerprint density at radius 1 is 0.962 bits per heavy atom. The highest BCUT2D eigenvalue weighted by Crippen LogP contribution is 2.34. The number of rotatable bonds is 3. The molecular formula is C22H27N3O. The molecule has 0 spiro atoms. The lowest BCUT2D eigenvalue weighted by Gasteiger charge is -2.30. The van der Waals surface area contributed by atoms with Crippen LogP contribution in [0.5, 0.6) is 0 Å². The molecule has 0 aromatic heterocycles. The van der Waals surface area contributed by atoms with Gasteiger partial charge in [0.05, 0.1) is 17.3 Å². The van der Waals surface area contributed by atoms with Gasteiger partial charge in [0, 0.05) is 26.2 Å². The van der Waals surface area contributed by atoms with Crippen molar-refractivity contribution in [2.24, 2.45) is 5.92 Å². The lowest BCUT2D eigenvalue weighted by Crippen LogP contribution is -2.43. The predicted octanol–water partition coefficient (Wildman–Crippen LogP) is 3.43. The van der Waals surface area contributed by atoms with Crippen LogP contribution in [0.1, 0.15) is 24.8 Å². The van der Waals surface area contributed by atoms with E-state index in [0.29, 0.717) is 0 Å². The molecular weight excluding hydrogens is 322 g/mol. The molecule has 2 aromatic rings. The van der Waals surface area contributed by atoms with E-state index in [1.807, 2.05) is 11.0 Å². The zero-order chi connectivity index (χ0) is 17.8. The second-order valence-electron chi connectivity index (χ2n) is 7.28. The van der Waals surface area contributed by atoms with Crippen LogP contribution in [-0.2, 0) is 11.3 Å². The normalized spacial score (nSPS) is 20.4. The molecule has 0 unspecified atom stereocenters. The van der Waals surface area contributed by atoms with Crippen LogP contribution in [0.25, 0.3) is 0 Å². The summed E-state index contributed by atoms with van der Waals surface area (Å²) in [5.41, 5.74) is 3.54. The van der Waals surface area contributed by atoms with E-state index < -0.39 is 0 Å². The highest BCUT2D eigenvalue weighted by molar-refractivity contribution is 5.98. The molecule has 2 aliphatic rings. The number of anilines is 2. The van der Waals surface area contributed by atoms with Crippen LogP contribution in [0.3, 0.4) is 0 Å². The molecule has 2 heterocycles. The highest BCUT2D eigenvalue weighted by Gasteiger charge is 2.30. The number of fused-ring (bicyclic) bond motifs is 1. The molecule has 136 valence electrons. The number of carbonyl (C=O) groups excluding carboxylic acids is 1. The molecule has 2 aliphatic heterocycles. The van der Waals surface area contributed by atoms with E-state index in [2.05, 4.69) is 58.7 Å². The van der Waals surface area contributed by atoms with E-state index in [4.69, 9.17) is 0 Å². The van der Waals surface area contributed by atoms with Crippen molar-refractivity contribution in [1.82, 2.24) is 5.32 Å². The summed E-state index contributed by atoms with van der Waals surface area (Å²) < 4.78 is 0. The summed E-state index contributed by atoms with van der Waals surface area (Å²) in [6.07, 6.45) is 3.08. The average Bonchev–Trinajstić information content (AvgIpc) is 2.89. The maximum atomic E-state index is 13.2. The van der Waals surface area contributed by atoms with Crippen molar-refractivity contribution in [2.45, 2.75) is 25.8 Å². The minimum atomic E-state index is 0.109. The fraction of sp³-hybridized carbons (Fsp3) is 0.409. The molecule has 26 heavy (non-hydrogen) atoms. The van der Waals surface area contributed by atoms with Crippen LogP contribution < -0.4 is 15.1 Å². The van der Waals surface area contributed by atoms with Gasteiger partial charge in [0.25, 0.3) is 0 Å². The topological polar surface area (TPSA) is 35.6 Å². The second-order valence-corrected chi connectivity index (χ2v) is 7.28. The molecule has 0 saturated carbocycles. The Hall–Kier alpha value is -2.33. The summed E-state index contributed by atoms with van der Waals surface area (Å²) in [5.74, 6) is 0.392. The summed E-state index contributed by atoms with van der Waals surface area (Å²) in [4.78, 5) is 17.7. The molecule has 0 radical (unpaired) electrons. The molecule has 2 aromatic carbocycles. The van der Waals surface area contributed by atoms with E-state index in [9.17, 15) is 4.79 Å². The van der Waals surface area contributed by atoms with Crippen molar-refractivity contribution in [2.75, 3.05) is 36.0 Å². The van der Waals surface area contributed by atoms with Crippen molar-refractivity contribution < 1.29 is 4.79 Å². The number of piperidine rings is 1. The SMILES string of the molecule is O=C([C@@H]1CCCNC1)N1CCCN(Cc2ccccc2)c2ccccc21. The zero-order valence-electron chi connectivity index (χ0n) is 15.2. The average molecular weight is 349 g/mol. The third kappa shape index (κ3) is 3.61. The van der Waals surface area contributed by atoms with E-state index in [0.717, 1.165) is 57.7 Å². The molecule has 1 saturated heterocycles. The van der Waals surface area contributed by atoms with Gasteiger partial charge in [0.15, 0.2) is 0 Å². The Bertz CT molecular complexity index is 740. The summed E-state index contributed by atoms with van der Waals surface area (Å²) in [5, 5.41) is 3.38. The van der Waals surface area contributed by atoms with Gasteiger partial charge in [-0.15, -0.1) is 0 Å². The predicted molar refractivity (Wildman–Crippen MR) is 106 cm³/mol. The van der Waals surface area contributed by atoms with Crippen LogP contribution in [0.15, 0.2) is 54.6 Å². The van der Waals surface area contributed by atoms with Crippen LogP contribution in [0, 0.1) is 5.92 Å². The number of nitrogens with one attached hydrogen (secondary N) is 1. The quantitative estimate of drug-likeness (QED) is 0.922. The summed E-state index contributed by atoms with van der Waals surface area (Å²) in [6, 6.07) is 19.0. The van der Waals surface area contributed by atoms with Gasteiger partial charge in [-0.05, 0) is 43.5 Å². The molecule has 0 bridgehead atoms. The smallest absolute Gasteiger partial charge is 0.231 e. The maximum Gasteiger partial charge on any atom is 0.231 e. The Morgan fingerprint density at radius 2 is 1.73 bits per heavy atom. The van der Waals surface area contributed by atoms with Crippen LogP contribution in [0.4, 0.5) is 11.4 Å². The summed E-state index contributed by atoms with van der Waals surface area (Å²) in [6.45, 7) is 4.50. The number of amides is 1. The number of nitrogens with zero attached hydrogens (tertiary/aromatic N) is 2. The van der Waals surface area contributed by atoms with Crippen molar-refractivity contribution in [1.29, 1.82) is 0 Å². The van der Waals surface area contributed by atoms with Gasteiger partial charge >= 0.3 is 0 Å². The minimum Gasteiger partial charge on any atom is -0.365 e. The largest absolute Gasteiger partial charge is 0.365 e. The van der Waals surface area contributed by atoms with Crippen LogP contribution in [-0.4, -0.2) is 32.1 Å². The standard InChI is InChI=1S/C22H27N3O/c26-22(19-10-6-13-23-16-19)25-15-7-14-24(17-18-8-2-1-3-9-18)20-11-4-5-12-21(20)25/h1-5,8-9,11-12,19,23H,6-7,10,13-17H2/t19-/m1/s1. The second kappa shape index (κ2) is 7.92. The first kappa shape index (κ1) is 17.1. The lowest BCUT2D eigenvalue weighted by atomic mass is 9.97. The Morgan fingerprint density at radius 3 is 2.50 bits per heavy atom. The lowest BCUT2D eigenvalue weighted by molar-refractivity contribution is -0.122. The molecule has 4 rings (SSSR count). The minimum absolute atomic E-state index is 0.109. The number of benzene rings is 2. The Balaban J connectivity index is 1.61. The van der Waals surface area contributed by atoms with Gasteiger partial charge in [-0.25, -0.2) is 0 Å². The first-order chi connectivity index (χ1) is 12.8. The summed E-state index contributed by atoms with van der Waals surface area (Å²) in [7, 11) is 0. The van der Waals surface area contributed by atoms with E-state index >= 15 is 0 Å². The fourth-order valence-electron chi connectivity index (χ4n) is 4.10. The number of carbonyl (C=O) groups is 1. The highest BCUT2D eigenvalue weighted by atomic mass is 16.2. The molecule has 4 heteroatoms. The van der Waals surface area contributed by atoms with Crippen molar-refractivity contribution in [3.63, 3.8) is 0 Å². The maximum absolute atomic E-state index is 13.2. The fourth-order valence-corrected chi connectivity index (χ4v) is 4.10. The third-order valence-electron chi connectivity index (χ3n) is 5.45. The first-order valence-corrected chi connectivity index (χ1v) is 9.73. The van der Waals surface area contributed by atoms with Crippen molar-refractivity contribution in [3.05, 3.63) is 60.2 Å². The summed E-state index contributed by atoms with van der Waals surface area (Å²) >= 11 is 0. The number of para-hydroxylation sites is 2. The first-order valence-electron chi connectivity index (χ1n) is 9.73. The van der Waals surface area contributed by atoms with Crippen LogP contribution >= 0.6 is 0 Å². The molecule has 1 atom stereocenters. The Labute approximate surface area is 155 Å². The van der Waals surface area contributed by atoms with E-state index in [1.54, 1.807) is 0 Å². The van der Waals surface area contributed by atoms with E-state index in [-0.39, 0.29) is 11.8 Å². The number of hydrogen-bond donors (Lipinski definition) is 1. The molecule has 1 fully saturated rings. The number of hydrogen-bond acceptors (Lipinski definition) is 3. The van der Waals surface area contributed by atoms with Crippen LogP contribution in [0.2, 0.25) is 0 Å². The Kier molecular flexibility index (Phi) is 5.21. The monoisotopic (exact) mass is 349 g/mol. The molecule has 0 aliphatic carbocycles. The van der Waals surface area contributed by atoms with E-state index in [1.165, 1.54) is 11.3 Å². The van der Waals surface area contributed by atoms with Crippen molar-refractivity contribution in [3.8, 4) is 0 Å². The zero-order valence-corrected chi connectivity index (χ0v) is 15.2. The van der Waals surface area contributed by atoms with Gasteiger partial charge in [0.2, 0.25) is 5.91 Å². The van der Waals surface area contributed by atoms with Crippen molar-refractivity contribution >= 4 is 17.3 Å². The third-order valence-corrected chi connectivity index (χ3v) is 5.45. The van der Waals surface area contributed by atoms with Gasteiger partial charge in [-0.2, -0.15) is 0 Å². The van der Waals surface area contributed by atoms with Gasteiger partial charge < -0.3 is 15.1 Å². The van der Waals surface area contributed by atoms with Gasteiger partial charge in [-0.3, -0.25) is 4.79 Å². The molecule has 1 amide bonds. The van der Waals surface area contributed by atoms with Gasteiger partial charge in [0.1, 0.15) is 0 Å². The van der Waals surface area contributed by atoms with Gasteiger partial charge in [-0.1, -0.05) is 42.5 Å².